The minimum atomic E-state index is -0.729. The van der Waals surface area contributed by atoms with Crippen molar-refractivity contribution in [2.45, 2.75) is 13.0 Å². The van der Waals surface area contributed by atoms with Crippen LogP contribution >= 0.6 is 11.6 Å². The first-order valence-electron chi connectivity index (χ1n) is 9.73. The van der Waals surface area contributed by atoms with Crippen LogP contribution in [0.15, 0.2) is 59.8 Å². The molecule has 0 saturated heterocycles. The second kappa shape index (κ2) is 8.69. The molecule has 1 atom stereocenters. The van der Waals surface area contributed by atoms with Crippen LogP contribution < -0.4 is 15.4 Å². The lowest BCUT2D eigenvalue weighted by Crippen LogP contribution is -2.49. The van der Waals surface area contributed by atoms with E-state index in [0.29, 0.717) is 39.9 Å². The number of halogens is 1. The number of carbonyl (C=O) groups excluding carboxylic acids is 3. The highest BCUT2D eigenvalue weighted by Gasteiger charge is 2.43. The summed E-state index contributed by atoms with van der Waals surface area (Å²) >= 11 is 5.94. The minimum Gasteiger partial charge on any atom is -0.494 e. The van der Waals surface area contributed by atoms with E-state index in [4.69, 9.17) is 21.1 Å². The second-order valence-corrected chi connectivity index (χ2v) is 7.37. The van der Waals surface area contributed by atoms with E-state index in [2.05, 4.69) is 10.6 Å². The molecular weight excluding hydrogens is 422 g/mol. The van der Waals surface area contributed by atoms with Crippen molar-refractivity contribution in [2.75, 3.05) is 25.1 Å². The Hall–Kier alpha value is -3.52. The van der Waals surface area contributed by atoms with Crippen LogP contribution in [0.25, 0.3) is 0 Å². The number of esters is 1. The number of rotatable bonds is 6. The van der Waals surface area contributed by atoms with Crippen molar-refractivity contribution < 1.29 is 23.9 Å². The zero-order chi connectivity index (χ0) is 22.0. The molecule has 8 nitrogen and oxygen atoms in total. The molecule has 2 heterocycles. The molecule has 0 saturated carbocycles. The SMILES string of the molecule is CCOc1ccccc1[C@@H]1NC(=O)N(CC(=O)Nc2cccc(Cl)c2)C2=C1C(=O)OC2. The third kappa shape index (κ3) is 4.20. The molecular formula is C22H20ClN3O5. The highest BCUT2D eigenvalue weighted by Crippen LogP contribution is 2.38. The first kappa shape index (κ1) is 20.7. The number of benzene rings is 2. The van der Waals surface area contributed by atoms with Gasteiger partial charge in [-0.05, 0) is 31.2 Å². The van der Waals surface area contributed by atoms with E-state index < -0.39 is 23.9 Å². The summed E-state index contributed by atoms with van der Waals surface area (Å²) in [5, 5.41) is 5.98. The smallest absolute Gasteiger partial charge is 0.338 e. The zero-order valence-corrected chi connectivity index (χ0v) is 17.4. The molecule has 0 aromatic heterocycles. The molecule has 2 N–H and O–H groups in total. The van der Waals surface area contributed by atoms with Crippen molar-refractivity contribution in [1.82, 2.24) is 10.2 Å². The fraction of sp³-hybridized carbons (Fsp3) is 0.227. The molecule has 4 rings (SSSR count). The number of hydrogen-bond acceptors (Lipinski definition) is 5. The predicted octanol–water partition coefficient (Wildman–Crippen LogP) is 3.25. The van der Waals surface area contributed by atoms with Gasteiger partial charge in [0.25, 0.3) is 0 Å². The molecule has 2 aromatic rings. The summed E-state index contributed by atoms with van der Waals surface area (Å²) in [6.07, 6.45) is 0. The van der Waals surface area contributed by atoms with Crippen molar-refractivity contribution in [1.29, 1.82) is 0 Å². The molecule has 0 aliphatic carbocycles. The van der Waals surface area contributed by atoms with Crippen LogP contribution in [0.4, 0.5) is 10.5 Å². The molecule has 160 valence electrons. The highest BCUT2D eigenvalue weighted by atomic mass is 35.5. The van der Waals surface area contributed by atoms with E-state index in [1.54, 1.807) is 42.5 Å². The van der Waals surface area contributed by atoms with Gasteiger partial charge in [-0.3, -0.25) is 9.69 Å². The summed E-state index contributed by atoms with van der Waals surface area (Å²) in [6, 6.07) is 12.6. The standard InChI is InChI=1S/C22H20ClN3O5/c1-2-30-17-9-4-3-8-15(17)20-19-16(12-31-21(19)28)26(22(29)25-20)11-18(27)24-14-7-5-6-13(23)10-14/h3-10,20H,2,11-12H2,1H3,(H,24,27)(H,25,29)/t20-/m0/s1. The first-order valence-corrected chi connectivity index (χ1v) is 10.1. The highest BCUT2D eigenvalue weighted by molar-refractivity contribution is 6.30. The van der Waals surface area contributed by atoms with Crippen LogP contribution in [0, 0.1) is 0 Å². The van der Waals surface area contributed by atoms with E-state index in [1.807, 2.05) is 13.0 Å². The van der Waals surface area contributed by atoms with Gasteiger partial charge in [0.05, 0.1) is 23.9 Å². The normalized spacial score (nSPS) is 17.7. The van der Waals surface area contributed by atoms with Gasteiger partial charge in [-0.15, -0.1) is 0 Å². The maximum absolute atomic E-state index is 12.9. The summed E-state index contributed by atoms with van der Waals surface area (Å²) in [7, 11) is 0. The first-order chi connectivity index (χ1) is 15.0. The monoisotopic (exact) mass is 441 g/mol. The van der Waals surface area contributed by atoms with Gasteiger partial charge in [-0.1, -0.05) is 35.9 Å². The number of amides is 3. The lowest BCUT2D eigenvalue weighted by atomic mass is 9.95. The Balaban J connectivity index is 1.62. The molecule has 9 heteroatoms. The third-order valence-electron chi connectivity index (χ3n) is 4.94. The van der Waals surface area contributed by atoms with Gasteiger partial charge in [-0.2, -0.15) is 0 Å². The van der Waals surface area contributed by atoms with Crippen LogP contribution in [0.5, 0.6) is 5.75 Å². The molecule has 2 aliphatic rings. The van der Waals surface area contributed by atoms with Gasteiger partial charge in [0.2, 0.25) is 5.91 Å². The van der Waals surface area contributed by atoms with Crippen molar-refractivity contribution in [3.63, 3.8) is 0 Å². The Kier molecular flexibility index (Phi) is 5.81. The van der Waals surface area contributed by atoms with Crippen LogP contribution in [-0.4, -0.2) is 42.6 Å². The Labute approximate surface area is 183 Å². The van der Waals surface area contributed by atoms with Gasteiger partial charge in [0.1, 0.15) is 18.9 Å². The number of hydrogen-bond donors (Lipinski definition) is 2. The number of ether oxygens (including phenoxy) is 2. The Morgan fingerprint density at radius 1 is 1.26 bits per heavy atom. The zero-order valence-electron chi connectivity index (χ0n) is 16.7. The fourth-order valence-corrected chi connectivity index (χ4v) is 3.82. The predicted molar refractivity (Wildman–Crippen MR) is 114 cm³/mol. The molecule has 0 unspecified atom stereocenters. The topological polar surface area (TPSA) is 97.0 Å². The molecule has 0 radical (unpaired) electrons. The maximum atomic E-state index is 12.9. The lowest BCUT2D eigenvalue weighted by molar-refractivity contribution is -0.136. The molecule has 0 spiro atoms. The number of carbonyl (C=O) groups is 3. The second-order valence-electron chi connectivity index (χ2n) is 6.93. The average molecular weight is 442 g/mol. The van der Waals surface area contributed by atoms with Crippen molar-refractivity contribution in [3.8, 4) is 5.75 Å². The molecule has 0 fully saturated rings. The summed E-state index contributed by atoms with van der Waals surface area (Å²) in [4.78, 5) is 39.2. The number of nitrogens with zero attached hydrogens (tertiary/aromatic N) is 1. The van der Waals surface area contributed by atoms with Crippen LogP contribution in [-0.2, 0) is 14.3 Å². The van der Waals surface area contributed by atoms with Crippen molar-refractivity contribution in [2.24, 2.45) is 0 Å². The van der Waals surface area contributed by atoms with Gasteiger partial charge < -0.3 is 20.1 Å². The van der Waals surface area contributed by atoms with Crippen LogP contribution in [0.3, 0.4) is 0 Å². The van der Waals surface area contributed by atoms with E-state index in [0.717, 1.165) is 0 Å². The summed E-state index contributed by atoms with van der Waals surface area (Å²) < 4.78 is 10.9. The Morgan fingerprint density at radius 3 is 2.84 bits per heavy atom. The lowest BCUT2D eigenvalue weighted by Gasteiger charge is -2.33. The molecule has 2 aromatic carbocycles. The Morgan fingerprint density at radius 2 is 2.06 bits per heavy atom. The number of urea groups is 1. The third-order valence-corrected chi connectivity index (χ3v) is 5.17. The average Bonchev–Trinajstić information content (AvgIpc) is 3.12. The van der Waals surface area contributed by atoms with Crippen molar-refractivity contribution in [3.05, 3.63) is 70.4 Å². The van der Waals surface area contributed by atoms with Crippen molar-refractivity contribution >= 4 is 35.2 Å². The number of para-hydroxylation sites is 1. The largest absolute Gasteiger partial charge is 0.494 e. The van der Waals surface area contributed by atoms with E-state index in [9.17, 15) is 14.4 Å². The Bertz CT molecular complexity index is 1080. The summed E-state index contributed by atoms with van der Waals surface area (Å²) in [6.45, 7) is 1.92. The van der Waals surface area contributed by atoms with Crippen LogP contribution in [0.1, 0.15) is 18.5 Å². The molecule has 2 aliphatic heterocycles. The fourth-order valence-electron chi connectivity index (χ4n) is 3.63. The summed E-state index contributed by atoms with van der Waals surface area (Å²) in [5.74, 6) is -0.405. The number of nitrogens with one attached hydrogen (secondary N) is 2. The van der Waals surface area contributed by atoms with E-state index >= 15 is 0 Å². The van der Waals surface area contributed by atoms with Gasteiger partial charge >= 0.3 is 12.0 Å². The summed E-state index contributed by atoms with van der Waals surface area (Å²) in [5.41, 5.74) is 1.81. The van der Waals surface area contributed by atoms with Gasteiger partial charge in [0, 0.05) is 16.3 Å². The van der Waals surface area contributed by atoms with Crippen LogP contribution in [0.2, 0.25) is 5.02 Å². The molecule has 0 bridgehead atoms. The molecule has 31 heavy (non-hydrogen) atoms. The van der Waals surface area contributed by atoms with Gasteiger partial charge in [0.15, 0.2) is 0 Å². The minimum absolute atomic E-state index is 0.0840. The molecule has 3 amide bonds. The van der Waals surface area contributed by atoms with E-state index in [1.165, 1.54) is 4.90 Å². The quantitative estimate of drug-likeness (QED) is 0.671. The number of anilines is 1. The van der Waals surface area contributed by atoms with E-state index in [-0.39, 0.29) is 13.2 Å². The number of cyclic esters (lactones) is 1. The van der Waals surface area contributed by atoms with Gasteiger partial charge in [-0.25, -0.2) is 9.59 Å². The maximum Gasteiger partial charge on any atom is 0.338 e.